The maximum atomic E-state index is 4.17. The number of benzene rings is 1. The monoisotopic (exact) mass is 310 g/mol. The highest BCUT2D eigenvalue weighted by Crippen LogP contribution is 2.29. The molecular formula is C11H6Br2N. The zero-order valence-electron chi connectivity index (χ0n) is 7.17. The van der Waals surface area contributed by atoms with Gasteiger partial charge in [-0.1, -0.05) is 44.0 Å². The first kappa shape index (κ1) is 9.87. The summed E-state index contributed by atoms with van der Waals surface area (Å²) >= 11 is 6.91. The minimum Gasteiger partial charge on any atom is -0.246 e. The number of pyridine rings is 1. The van der Waals surface area contributed by atoms with Crippen molar-refractivity contribution in [3.05, 3.63) is 51.5 Å². The lowest BCUT2D eigenvalue weighted by molar-refractivity contribution is 1.30. The van der Waals surface area contributed by atoms with Crippen LogP contribution in [0.25, 0.3) is 11.3 Å². The van der Waals surface area contributed by atoms with Gasteiger partial charge in [-0.2, -0.15) is 0 Å². The van der Waals surface area contributed by atoms with Gasteiger partial charge in [0.25, 0.3) is 0 Å². The second kappa shape index (κ2) is 4.24. The smallest absolute Gasteiger partial charge is 0.0893 e. The fraction of sp³-hybridized carbons (Fsp3) is 0. The predicted molar refractivity (Wildman–Crippen MR) is 63.9 cm³/mol. The normalized spacial score (nSPS) is 10.1. The van der Waals surface area contributed by atoms with Crippen LogP contribution in [0, 0.1) is 6.20 Å². The molecule has 0 N–H and O–H groups in total. The molecule has 1 heterocycles. The number of hydrogen-bond acceptors (Lipinski definition) is 1. The van der Waals surface area contributed by atoms with Crippen molar-refractivity contribution in [1.82, 2.24) is 4.98 Å². The van der Waals surface area contributed by atoms with Crippen molar-refractivity contribution >= 4 is 31.9 Å². The summed E-state index contributed by atoms with van der Waals surface area (Å²) in [6, 6.07) is 11.7. The Balaban J connectivity index is 2.53. The van der Waals surface area contributed by atoms with E-state index in [1.165, 1.54) is 0 Å². The third kappa shape index (κ3) is 2.04. The summed E-state index contributed by atoms with van der Waals surface area (Å²) in [7, 11) is 0. The van der Waals surface area contributed by atoms with Gasteiger partial charge >= 0.3 is 0 Å². The average molecular weight is 312 g/mol. The van der Waals surface area contributed by atoms with E-state index in [-0.39, 0.29) is 0 Å². The van der Waals surface area contributed by atoms with Crippen molar-refractivity contribution in [2.75, 3.05) is 0 Å². The molecule has 3 heteroatoms. The van der Waals surface area contributed by atoms with Crippen molar-refractivity contribution in [2.45, 2.75) is 0 Å². The van der Waals surface area contributed by atoms with Gasteiger partial charge in [0.15, 0.2) is 0 Å². The first-order valence-corrected chi connectivity index (χ1v) is 5.64. The Bertz CT molecular complexity index is 440. The highest BCUT2D eigenvalue weighted by molar-refractivity contribution is 9.11. The second-order valence-electron chi connectivity index (χ2n) is 2.78. The van der Waals surface area contributed by atoms with E-state index in [2.05, 4.69) is 43.0 Å². The molecular weight excluding hydrogens is 306 g/mol. The molecule has 0 aliphatic carbocycles. The van der Waals surface area contributed by atoms with E-state index in [0.717, 1.165) is 20.2 Å². The lowest BCUT2D eigenvalue weighted by Crippen LogP contribution is -1.83. The number of rotatable bonds is 1. The molecule has 0 spiro atoms. The zero-order valence-corrected chi connectivity index (χ0v) is 10.3. The molecule has 1 nitrogen and oxygen atoms in total. The van der Waals surface area contributed by atoms with Crippen molar-refractivity contribution < 1.29 is 0 Å². The maximum Gasteiger partial charge on any atom is 0.0893 e. The molecule has 1 radical (unpaired) electrons. The van der Waals surface area contributed by atoms with Crippen molar-refractivity contribution in [2.24, 2.45) is 0 Å². The first-order valence-electron chi connectivity index (χ1n) is 4.06. The summed E-state index contributed by atoms with van der Waals surface area (Å²) in [4.78, 5) is 4.17. The lowest BCUT2D eigenvalue weighted by Gasteiger charge is -2.03. The van der Waals surface area contributed by atoms with Gasteiger partial charge in [0, 0.05) is 14.5 Å². The quantitative estimate of drug-likeness (QED) is 0.773. The van der Waals surface area contributed by atoms with Gasteiger partial charge in [0.2, 0.25) is 0 Å². The largest absolute Gasteiger partial charge is 0.246 e. The molecule has 2 aromatic rings. The first-order chi connectivity index (χ1) is 6.77. The van der Waals surface area contributed by atoms with Gasteiger partial charge in [0.1, 0.15) is 0 Å². The van der Waals surface area contributed by atoms with Gasteiger partial charge in [-0.25, -0.2) is 4.98 Å². The summed E-state index contributed by atoms with van der Waals surface area (Å²) in [6.45, 7) is 0. The second-order valence-corrected chi connectivity index (χ2v) is 4.55. The molecule has 0 aliphatic heterocycles. The molecule has 0 saturated carbocycles. The third-order valence-corrected chi connectivity index (χ3v) is 2.97. The van der Waals surface area contributed by atoms with E-state index in [0.29, 0.717) is 0 Å². The van der Waals surface area contributed by atoms with Crippen LogP contribution in [0.4, 0.5) is 0 Å². The van der Waals surface area contributed by atoms with Crippen LogP contribution >= 0.6 is 31.9 Å². The molecule has 0 aliphatic rings. The fourth-order valence-electron chi connectivity index (χ4n) is 1.17. The Labute approximate surface area is 99.4 Å². The van der Waals surface area contributed by atoms with Crippen LogP contribution in [0.15, 0.2) is 45.3 Å². The van der Waals surface area contributed by atoms with Gasteiger partial charge in [-0.15, -0.1) is 0 Å². The molecule has 14 heavy (non-hydrogen) atoms. The topological polar surface area (TPSA) is 12.9 Å². The molecule has 0 amide bonds. The molecule has 0 saturated heterocycles. The Morgan fingerprint density at radius 2 is 2.00 bits per heavy atom. The molecule has 1 aromatic heterocycles. The van der Waals surface area contributed by atoms with Crippen LogP contribution in [-0.4, -0.2) is 4.98 Å². The molecule has 2 rings (SSSR count). The Kier molecular flexibility index (Phi) is 2.99. The molecule has 1 aromatic carbocycles. The van der Waals surface area contributed by atoms with E-state index in [1.54, 1.807) is 6.07 Å². The van der Waals surface area contributed by atoms with Crippen molar-refractivity contribution in [1.29, 1.82) is 0 Å². The average Bonchev–Trinajstić information content (AvgIpc) is 2.19. The van der Waals surface area contributed by atoms with E-state index in [9.17, 15) is 0 Å². The number of aromatic nitrogens is 1. The highest BCUT2D eigenvalue weighted by atomic mass is 79.9. The summed E-state index contributed by atoms with van der Waals surface area (Å²) in [5, 5.41) is 0. The SMILES string of the molecule is Brc1ccc(-c2ccc[c]n2)c(Br)c1. The van der Waals surface area contributed by atoms with E-state index in [4.69, 9.17) is 0 Å². The summed E-state index contributed by atoms with van der Waals surface area (Å²) < 4.78 is 2.08. The molecule has 69 valence electrons. The van der Waals surface area contributed by atoms with Crippen LogP contribution in [0.1, 0.15) is 0 Å². The van der Waals surface area contributed by atoms with E-state index in [1.807, 2.05) is 30.3 Å². The third-order valence-electron chi connectivity index (χ3n) is 1.82. The standard InChI is InChI=1S/C11H6Br2N/c12-8-4-5-9(10(13)7-8)11-3-1-2-6-14-11/h1-5,7H. The lowest BCUT2D eigenvalue weighted by atomic mass is 10.1. The molecule has 0 atom stereocenters. The van der Waals surface area contributed by atoms with Gasteiger partial charge in [0.05, 0.1) is 11.9 Å². The van der Waals surface area contributed by atoms with Gasteiger partial charge in [-0.3, -0.25) is 0 Å². The van der Waals surface area contributed by atoms with E-state index < -0.39 is 0 Å². The Hall–Kier alpha value is -0.670. The minimum atomic E-state index is 0.923. The fourth-order valence-corrected chi connectivity index (χ4v) is 2.42. The molecule has 0 unspecified atom stereocenters. The van der Waals surface area contributed by atoms with E-state index >= 15 is 0 Å². The van der Waals surface area contributed by atoms with Crippen LogP contribution < -0.4 is 0 Å². The van der Waals surface area contributed by atoms with Crippen LogP contribution in [0.2, 0.25) is 0 Å². The Morgan fingerprint density at radius 1 is 1.14 bits per heavy atom. The Morgan fingerprint density at radius 3 is 2.64 bits per heavy atom. The predicted octanol–water partition coefficient (Wildman–Crippen LogP) is 4.07. The van der Waals surface area contributed by atoms with Crippen molar-refractivity contribution in [3.63, 3.8) is 0 Å². The van der Waals surface area contributed by atoms with Gasteiger partial charge < -0.3 is 0 Å². The van der Waals surface area contributed by atoms with Crippen molar-refractivity contribution in [3.8, 4) is 11.3 Å². The summed E-state index contributed by atoms with van der Waals surface area (Å²) in [5.41, 5.74) is 2.00. The molecule has 0 bridgehead atoms. The zero-order chi connectivity index (χ0) is 9.97. The highest BCUT2D eigenvalue weighted by Gasteiger charge is 2.03. The minimum absolute atomic E-state index is 0.923. The van der Waals surface area contributed by atoms with Crippen LogP contribution in [-0.2, 0) is 0 Å². The van der Waals surface area contributed by atoms with Crippen LogP contribution in [0.5, 0.6) is 0 Å². The summed E-state index contributed by atoms with van der Waals surface area (Å²) in [5.74, 6) is 0. The van der Waals surface area contributed by atoms with Gasteiger partial charge in [-0.05, 0) is 24.3 Å². The number of hydrogen-bond donors (Lipinski definition) is 0. The molecule has 0 fully saturated rings. The number of nitrogens with zero attached hydrogens (tertiary/aromatic N) is 1. The maximum absolute atomic E-state index is 4.17. The summed E-state index contributed by atoms with van der Waals surface area (Å²) in [6.07, 6.45) is 2.82. The number of halogens is 2. The van der Waals surface area contributed by atoms with Crippen LogP contribution in [0.3, 0.4) is 0 Å².